The minimum atomic E-state index is 0. The largest absolute Gasteiger partial charge is 0.412 e. The summed E-state index contributed by atoms with van der Waals surface area (Å²) in [6.45, 7) is 5.72. The Bertz CT molecular complexity index is 52.0. The quantitative estimate of drug-likeness (QED) is 0.534. The van der Waals surface area contributed by atoms with Crippen LogP contribution in [0.4, 0.5) is 0 Å². The summed E-state index contributed by atoms with van der Waals surface area (Å²) < 4.78 is 0. The Labute approximate surface area is 50.1 Å². The maximum atomic E-state index is 3.98. The Morgan fingerprint density at radius 2 is 2.14 bits per heavy atom. The zero-order chi connectivity index (χ0) is 4.99. The van der Waals surface area contributed by atoms with Gasteiger partial charge in [-0.25, -0.2) is 0 Å². The van der Waals surface area contributed by atoms with Gasteiger partial charge in [0.25, 0.3) is 0 Å². The molecule has 1 nitrogen and oxygen atoms in total. The molecule has 0 spiro atoms. The lowest BCUT2D eigenvalue weighted by molar-refractivity contribution is 0.824. The number of thiol groups is 1. The average molecular weight is 120 g/mol. The van der Waals surface area contributed by atoms with Crippen LogP contribution in [0.3, 0.4) is 0 Å². The summed E-state index contributed by atoms with van der Waals surface area (Å²) in [5, 5.41) is 0. The lowest BCUT2D eigenvalue weighted by Crippen LogP contribution is -1.63. The Morgan fingerprint density at radius 1 is 1.71 bits per heavy atom. The molecular formula is C5H12OS. The molecule has 0 aromatic heterocycles. The van der Waals surface area contributed by atoms with Crippen molar-refractivity contribution in [1.29, 1.82) is 0 Å². The molecule has 0 radical (unpaired) electrons. The normalized spacial score (nSPS) is 7.14. The summed E-state index contributed by atoms with van der Waals surface area (Å²) in [5.74, 6) is 0. The molecule has 7 heavy (non-hydrogen) atoms. The number of rotatable bonds is 2. The van der Waals surface area contributed by atoms with Crippen LogP contribution >= 0.6 is 12.6 Å². The van der Waals surface area contributed by atoms with E-state index < -0.39 is 0 Å². The van der Waals surface area contributed by atoms with Crippen molar-refractivity contribution in [3.8, 4) is 0 Å². The van der Waals surface area contributed by atoms with Crippen molar-refractivity contribution in [3.63, 3.8) is 0 Å². The van der Waals surface area contributed by atoms with Gasteiger partial charge in [-0.05, 0) is 11.3 Å². The SMILES string of the molecule is C=C(S)CCC.O. The summed E-state index contributed by atoms with van der Waals surface area (Å²) in [4.78, 5) is 0.984. The summed E-state index contributed by atoms with van der Waals surface area (Å²) in [5.41, 5.74) is 0. The van der Waals surface area contributed by atoms with E-state index in [1.165, 1.54) is 0 Å². The molecule has 0 aliphatic carbocycles. The first-order valence-corrected chi connectivity index (χ1v) is 2.59. The molecule has 0 heterocycles. The smallest absolute Gasteiger partial charge is 0.0230 e. The van der Waals surface area contributed by atoms with E-state index in [1.807, 2.05) is 0 Å². The van der Waals surface area contributed by atoms with Crippen LogP contribution in [0.5, 0.6) is 0 Å². The fourth-order valence-corrected chi connectivity index (χ4v) is 0.512. The van der Waals surface area contributed by atoms with Crippen LogP contribution in [0, 0.1) is 0 Å². The maximum absolute atomic E-state index is 3.98. The molecule has 0 aliphatic rings. The summed E-state index contributed by atoms with van der Waals surface area (Å²) in [6, 6.07) is 0. The van der Waals surface area contributed by atoms with Crippen molar-refractivity contribution >= 4 is 12.6 Å². The zero-order valence-electron chi connectivity index (χ0n) is 4.57. The van der Waals surface area contributed by atoms with E-state index >= 15 is 0 Å². The molecule has 0 aromatic rings. The molecule has 0 aliphatic heterocycles. The van der Waals surface area contributed by atoms with E-state index in [1.54, 1.807) is 0 Å². The first kappa shape index (κ1) is 10.1. The Hall–Kier alpha value is 0.0500. The summed E-state index contributed by atoms with van der Waals surface area (Å²) >= 11 is 3.98. The Kier molecular flexibility index (Phi) is 8.75. The summed E-state index contributed by atoms with van der Waals surface area (Å²) in [6.07, 6.45) is 2.20. The molecule has 0 fully saturated rings. The minimum Gasteiger partial charge on any atom is -0.412 e. The fourth-order valence-electron chi connectivity index (χ4n) is 0.289. The molecule has 0 rings (SSSR count). The lowest BCUT2D eigenvalue weighted by atomic mass is 10.3. The van der Waals surface area contributed by atoms with Crippen molar-refractivity contribution in [2.75, 3.05) is 0 Å². The fraction of sp³-hybridized carbons (Fsp3) is 0.600. The number of hydrogen-bond acceptors (Lipinski definition) is 1. The second-order valence-electron chi connectivity index (χ2n) is 1.32. The van der Waals surface area contributed by atoms with E-state index in [2.05, 4.69) is 26.1 Å². The highest BCUT2D eigenvalue weighted by Gasteiger charge is 1.77. The van der Waals surface area contributed by atoms with Gasteiger partial charge in [-0.1, -0.05) is 19.9 Å². The molecule has 0 atom stereocenters. The van der Waals surface area contributed by atoms with Crippen LogP contribution < -0.4 is 0 Å². The standard InChI is InChI=1S/C5H10S.H2O/c1-3-4-5(2)6;/h6H,2-4H2,1H3;1H2. The van der Waals surface area contributed by atoms with Crippen molar-refractivity contribution < 1.29 is 5.48 Å². The van der Waals surface area contributed by atoms with Crippen molar-refractivity contribution in [2.24, 2.45) is 0 Å². The van der Waals surface area contributed by atoms with Gasteiger partial charge in [-0.3, -0.25) is 0 Å². The van der Waals surface area contributed by atoms with Gasteiger partial charge in [0.2, 0.25) is 0 Å². The third-order valence-electron chi connectivity index (χ3n) is 0.539. The second kappa shape index (κ2) is 6.05. The van der Waals surface area contributed by atoms with Crippen LogP contribution in [0.15, 0.2) is 11.5 Å². The topological polar surface area (TPSA) is 31.5 Å². The maximum Gasteiger partial charge on any atom is -0.0230 e. The molecule has 0 saturated heterocycles. The highest BCUT2D eigenvalue weighted by Crippen LogP contribution is 2.03. The summed E-state index contributed by atoms with van der Waals surface area (Å²) in [7, 11) is 0. The van der Waals surface area contributed by atoms with E-state index in [4.69, 9.17) is 0 Å². The number of allylic oxidation sites excluding steroid dienone is 1. The molecular weight excluding hydrogens is 108 g/mol. The van der Waals surface area contributed by atoms with Gasteiger partial charge < -0.3 is 5.48 Å². The Balaban J connectivity index is 0. The minimum absolute atomic E-state index is 0. The van der Waals surface area contributed by atoms with Gasteiger partial charge in [0.15, 0.2) is 0 Å². The molecule has 44 valence electrons. The van der Waals surface area contributed by atoms with E-state index in [0.717, 1.165) is 17.7 Å². The van der Waals surface area contributed by atoms with Crippen LogP contribution in [0.25, 0.3) is 0 Å². The third-order valence-corrected chi connectivity index (χ3v) is 0.762. The van der Waals surface area contributed by atoms with E-state index in [0.29, 0.717) is 0 Å². The van der Waals surface area contributed by atoms with Crippen molar-refractivity contribution in [3.05, 3.63) is 11.5 Å². The first-order chi connectivity index (χ1) is 2.77. The van der Waals surface area contributed by atoms with E-state index in [9.17, 15) is 0 Å². The highest BCUT2D eigenvalue weighted by atomic mass is 32.1. The molecule has 0 bridgehead atoms. The van der Waals surface area contributed by atoms with Crippen LogP contribution in [-0.2, 0) is 0 Å². The molecule has 2 N–H and O–H groups in total. The van der Waals surface area contributed by atoms with Crippen LogP contribution in [0.2, 0.25) is 0 Å². The predicted molar refractivity (Wildman–Crippen MR) is 36.6 cm³/mol. The van der Waals surface area contributed by atoms with Gasteiger partial charge in [0.1, 0.15) is 0 Å². The molecule has 0 saturated carbocycles. The average Bonchev–Trinajstić information content (AvgIpc) is 1.35. The van der Waals surface area contributed by atoms with Gasteiger partial charge in [0, 0.05) is 0 Å². The predicted octanol–water partition coefficient (Wildman–Crippen LogP) is 1.41. The van der Waals surface area contributed by atoms with Crippen molar-refractivity contribution in [1.82, 2.24) is 0 Å². The zero-order valence-corrected chi connectivity index (χ0v) is 5.46. The molecule has 0 amide bonds. The third kappa shape index (κ3) is 10.7. The Morgan fingerprint density at radius 3 is 2.14 bits per heavy atom. The van der Waals surface area contributed by atoms with Gasteiger partial charge in [-0.15, -0.1) is 12.6 Å². The second-order valence-corrected chi connectivity index (χ2v) is 1.95. The monoisotopic (exact) mass is 120 g/mol. The highest BCUT2D eigenvalue weighted by molar-refractivity contribution is 7.84. The van der Waals surface area contributed by atoms with Gasteiger partial charge >= 0.3 is 0 Å². The molecule has 0 unspecified atom stereocenters. The van der Waals surface area contributed by atoms with Crippen LogP contribution in [0.1, 0.15) is 19.8 Å². The van der Waals surface area contributed by atoms with Gasteiger partial charge in [-0.2, -0.15) is 0 Å². The van der Waals surface area contributed by atoms with Crippen LogP contribution in [-0.4, -0.2) is 5.48 Å². The van der Waals surface area contributed by atoms with Gasteiger partial charge in [0.05, 0.1) is 0 Å². The van der Waals surface area contributed by atoms with Crippen molar-refractivity contribution in [2.45, 2.75) is 19.8 Å². The molecule has 0 aromatic carbocycles. The van der Waals surface area contributed by atoms with E-state index in [-0.39, 0.29) is 5.48 Å². The molecule has 2 heteroatoms. The lowest BCUT2D eigenvalue weighted by Gasteiger charge is -1.86. The first-order valence-electron chi connectivity index (χ1n) is 2.14. The number of hydrogen-bond donors (Lipinski definition) is 1.